The Labute approximate surface area is 138 Å². The van der Waals surface area contributed by atoms with Crippen molar-refractivity contribution in [3.05, 3.63) is 0 Å². The molecule has 1 aliphatic carbocycles. The van der Waals surface area contributed by atoms with Gasteiger partial charge in [0.1, 0.15) is 0 Å². The van der Waals surface area contributed by atoms with Gasteiger partial charge in [-0.3, -0.25) is 0 Å². The van der Waals surface area contributed by atoms with E-state index >= 15 is 0 Å². The van der Waals surface area contributed by atoms with E-state index in [4.69, 9.17) is 0 Å². The third-order valence-corrected chi connectivity index (χ3v) is 4.93. The number of rotatable bonds is 14. The van der Waals surface area contributed by atoms with Crippen LogP contribution in [0, 0.1) is 0 Å². The van der Waals surface area contributed by atoms with E-state index in [0.29, 0.717) is 0 Å². The van der Waals surface area contributed by atoms with Crippen molar-refractivity contribution in [1.29, 1.82) is 0 Å². The molecular weight excluding hydrogens is 272 g/mol. The van der Waals surface area contributed by atoms with Gasteiger partial charge in [0, 0.05) is 19.3 Å². The van der Waals surface area contributed by atoms with Crippen LogP contribution in [0.2, 0.25) is 0 Å². The zero-order chi connectivity index (χ0) is 15.7. The van der Waals surface area contributed by atoms with Gasteiger partial charge in [-0.25, -0.2) is 0 Å². The second-order valence-electron chi connectivity index (χ2n) is 7.05. The Morgan fingerprint density at radius 3 is 1.68 bits per heavy atom. The van der Waals surface area contributed by atoms with Crippen molar-refractivity contribution in [2.45, 2.75) is 70.8 Å². The fourth-order valence-electron chi connectivity index (χ4n) is 3.47. The average molecular weight is 317 g/mol. The molecule has 1 fully saturated rings. The van der Waals surface area contributed by atoms with Crippen LogP contribution in [0.25, 0.3) is 0 Å². The molecule has 0 aliphatic heterocycles. The Balaban J connectivity index is 1.72. The van der Waals surface area contributed by atoms with Gasteiger partial charge in [0.15, 0.2) is 0 Å². The molecule has 0 aromatic rings. The summed E-state index contributed by atoms with van der Waals surface area (Å²) in [5, 5.41) is 10.1. The highest BCUT2D eigenvalue weighted by atomic mass is 14.9. The largest absolute Gasteiger partial charge is 0.346 e. The molecule has 132 valence electrons. The Morgan fingerprint density at radius 2 is 1.14 bits per heavy atom. The second-order valence-corrected chi connectivity index (χ2v) is 7.05. The predicted molar refractivity (Wildman–Crippen MR) is 92.8 cm³/mol. The highest BCUT2D eigenvalue weighted by molar-refractivity contribution is 4.60. The van der Waals surface area contributed by atoms with Crippen molar-refractivity contribution < 1.29 is 21.3 Å². The normalized spacial score (nSPS) is 16.8. The summed E-state index contributed by atoms with van der Waals surface area (Å²) in [6, 6.07) is 0.946. The number of hydrogen-bond donors (Lipinski definition) is 4. The van der Waals surface area contributed by atoms with E-state index in [1.807, 2.05) is 0 Å². The minimum absolute atomic E-state index is 0.946. The van der Waals surface area contributed by atoms with E-state index in [-0.39, 0.29) is 0 Å². The summed E-state index contributed by atoms with van der Waals surface area (Å²) in [6.45, 7) is 11.4. The Morgan fingerprint density at radius 1 is 0.636 bits per heavy atom. The molecular formula is C18H44N4+4. The van der Waals surface area contributed by atoms with E-state index in [1.165, 1.54) is 104 Å². The Bertz CT molecular complexity index is 215. The summed E-state index contributed by atoms with van der Waals surface area (Å²) in [5.74, 6) is 0. The lowest BCUT2D eigenvalue weighted by Gasteiger charge is -2.12. The summed E-state index contributed by atoms with van der Waals surface area (Å²) in [4.78, 5) is 0. The molecule has 4 heteroatoms. The minimum atomic E-state index is 0.946. The van der Waals surface area contributed by atoms with Crippen molar-refractivity contribution >= 4 is 0 Å². The van der Waals surface area contributed by atoms with Crippen LogP contribution in [0.5, 0.6) is 0 Å². The minimum Gasteiger partial charge on any atom is -0.346 e. The molecule has 0 saturated heterocycles. The molecule has 0 bridgehead atoms. The van der Waals surface area contributed by atoms with Crippen LogP contribution in [-0.4, -0.2) is 51.9 Å². The van der Waals surface area contributed by atoms with Crippen molar-refractivity contribution in [2.24, 2.45) is 0 Å². The van der Waals surface area contributed by atoms with Crippen LogP contribution in [0.3, 0.4) is 0 Å². The molecule has 0 atom stereocenters. The summed E-state index contributed by atoms with van der Waals surface area (Å²) >= 11 is 0. The van der Waals surface area contributed by atoms with E-state index in [9.17, 15) is 0 Å². The molecule has 1 saturated carbocycles. The highest BCUT2D eigenvalue weighted by Gasteiger charge is 2.13. The fraction of sp³-hybridized carbons (Fsp3) is 1.00. The zero-order valence-electron chi connectivity index (χ0n) is 15.2. The molecule has 0 spiro atoms. The Kier molecular flexibility index (Phi) is 14.2. The number of nitrogens with two attached hydrogens (primary N) is 4. The first-order valence-corrected chi connectivity index (χ1v) is 10.2. The first-order chi connectivity index (χ1) is 10.9. The lowest BCUT2D eigenvalue weighted by atomic mass is 10.1. The van der Waals surface area contributed by atoms with Gasteiger partial charge in [0.2, 0.25) is 0 Å². The summed E-state index contributed by atoms with van der Waals surface area (Å²) < 4.78 is 0. The van der Waals surface area contributed by atoms with Crippen LogP contribution in [0.1, 0.15) is 64.7 Å². The van der Waals surface area contributed by atoms with Gasteiger partial charge in [0.25, 0.3) is 0 Å². The fourth-order valence-corrected chi connectivity index (χ4v) is 3.47. The SMILES string of the molecule is CC[NH2+]CCC[NH2+]CCC[NH2+]CCC[NH2+]C1CCCCCC1. The van der Waals surface area contributed by atoms with Crippen molar-refractivity contribution in [3.63, 3.8) is 0 Å². The monoisotopic (exact) mass is 316 g/mol. The van der Waals surface area contributed by atoms with Crippen molar-refractivity contribution in [2.75, 3.05) is 45.8 Å². The molecule has 0 unspecified atom stereocenters. The van der Waals surface area contributed by atoms with Gasteiger partial charge in [0.05, 0.1) is 51.9 Å². The molecule has 0 aromatic carbocycles. The molecule has 8 N–H and O–H groups in total. The van der Waals surface area contributed by atoms with Gasteiger partial charge in [-0.2, -0.15) is 0 Å². The van der Waals surface area contributed by atoms with Gasteiger partial charge in [-0.15, -0.1) is 0 Å². The quantitative estimate of drug-likeness (QED) is 0.215. The molecule has 1 aliphatic rings. The molecule has 22 heavy (non-hydrogen) atoms. The second kappa shape index (κ2) is 15.7. The molecule has 4 nitrogen and oxygen atoms in total. The zero-order valence-corrected chi connectivity index (χ0v) is 15.2. The van der Waals surface area contributed by atoms with Crippen molar-refractivity contribution in [3.8, 4) is 0 Å². The number of quaternary nitrogens is 4. The lowest BCUT2D eigenvalue weighted by Crippen LogP contribution is -2.92. The lowest BCUT2D eigenvalue weighted by molar-refractivity contribution is -0.706. The van der Waals surface area contributed by atoms with Crippen LogP contribution in [0.15, 0.2) is 0 Å². The molecule has 0 radical (unpaired) electrons. The van der Waals surface area contributed by atoms with Crippen LogP contribution in [-0.2, 0) is 0 Å². The third-order valence-electron chi connectivity index (χ3n) is 4.93. The number of hydrogen-bond acceptors (Lipinski definition) is 0. The standard InChI is InChI=1S/C18H40N4/c1-2-19-12-7-13-20-14-8-15-21-16-9-17-22-18-10-5-3-4-6-11-18/h18-22H,2-17H2,1H3/p+4. The van der Waals surface area contributed by atoms with Gasteiger partial charge in [-0.1, -0.05) is 12.8 Å². The molecule has 0 amide bonds. The molecule has 0 heterocycles. The van der Waals surface area contributed by atoms with Gasteiger partial charge < -0.3 is 21.3 Å². The van der Waals surface area contributed by atoms with E-state index in [0.717, 1.165) is 6.04 Å². The van der Waals surface area contributed by atoms with Crippen molar-refractivity contribution in [1.82, 2.24) is 0 Å². The van der Waals surface area contributed by atoms with Crippen LogP contribution in [0.4, 0.5) is 0 Å². The maximum Gasteiger partial charge on any atom is 0.0859 e. The summed E-state index contributed by atoms with van der Waals surface area (Å²) in [7, 11) is 0. The predicted octanol–water partition coefficient (Wildman–Crippen LogP) is -1.85. The van der Waals surface area contributed by atoms with E-state index in [1.54, 1.807) is 0 Å². The van der Waals surface area contributed by atoms with Gasteiger partial charge in [-0.05, 0) is 32.6 Å². The summed E-state index contributed by atoms with van der Waals surface area (Å²) in [6.07, 6.45) is 12.9. The maximum atomic E-state index is 2.64. The average Bonchev–Trinajstić information content (AvgIpc) is 2.80. The van der Waals surface area contributed by atoms with Crippen LogP contribution >= 0.6 is 0 Å². The Hall–Kier alpha value is -0.160. The van der Waals surface area contributed by atoms with E-state index in [2.05, 4.69) is 28.2 Å². The summed E-state index contributed by atoms with van der Waals surface area (Å²) in [5.41, 5.74) is 0. The third kappa shape index (κ3) is 12.4. The first-order valence-electron chi connectivity index (χ1n) is 10.2. The first kappa shape index (κ1) is 19.9. The van der Waals surface area contributed by atoms with E-state index < -0.39 is 0 Å². The van der Waals surface area contributed by atoms with Gasteiger partial charge >= 0.3 is 0 Å². The molecule has 1 rings (SSSR count). The topological polar surface area (TPSA) is 66.4 Å². The van der Waals surface area contributed by atoms with Crippen LogP contribution < -0.4 is 21.3 Å². The smallest absolute Gasteiger partial charge is 0.0859 e. The highest BCUT2D eigenvalue weighted by Crippen LogP contribution is 2.14. The maximum absolute atomic E-state index is 2.64. The molecule has 0 aromatic heterocycles.